The van der Waals surface area contributed by atoms with Gasteiger partial charge >= 0.3 is 0 Å². The van der Waals surface area contributed by atoms with Crippen LogP contribution in [0.2, 0.25) is 0 Å². The molecule has 1 aromatic heterocycles. The third-order valence-corrected chi connectivity index (χ3v) is 4.30. The molecule has 1 aliphatic heterocycles. The summed E-state index contributed by atoms with van der Waals surface area (Å²) in [5.74, 6) is 0.0776. The van der Waals surface area contributed by atoms with Crippen LogP contribution in [0, 0.1) is 0 Å². The van der Waals surface area contributed by atoms with Crippen LogP contribution < -0.4 is 10.2 Å². The first kappa shape index (κ1) is 16.3. The number of likely N-dealkylation sites (tertiary alicyclic amines) is 1. The lowest BCUT2D eigenvalue weighted by atomic mass is 10.1. The lowest BCUT2D eigenvalue weighted by molar-refractivity contribution is 0.0724. The third-order valence-electron chi connectivity index (χ3n) is 4.30. The molecule has 3 rings (SSSR count). The van der Waals surface area contributed by atoms with Crippen LogP contribution in [0.4, 0.5) is 17.1 Å². The van der Waals surface area contributed by atoms with Gasteiger partial charge in [0, 0.05) is 44.8 Å². The SMILES string of the molecule is CN(C)c1ccc(Nc2cncc(C(=O)N3CCCCC3)c2)cc1. The van der Waals surface area contributed by atoms with E-state index < -0.39 is 0 Å². The van der Waals surface area contributed by atoms with Crippen molar-refractivity contribution < 1.29 is 4.79 Å². The molecule has 2 aromatic rings. The van der Waals surface area contributed by atoms with Gasteiger partial charge in [-0.3, -0.25) is 9.78 Å². The summed E-state index contributed by atoms with van der Waals surface area (Å²) in [7, 11) is 4.03. The first-order chi connectivity index (χ1) is 11.6. The van der Waals surface area contributed by atoms with Crippen LogP contribution in [-0.4, -0.2) is 43.0 Å². The second-order valence-electron chi connectivity index (χ2n) is 6.38. The van der Waals surface area contributed by atoms with Gasteiger partial charge in [0.25, 0.3) is 5.91 Å². The van der Waals surface area contributed by atoms with E-state index in [1.54, 1.807) is 12.4 Å². The molecule has 24 heavy (non-hydrogen) atoms. The van der Waals surface area contributed by atoms with Crippen LogP contribution in [0.3, 0.4) is 0 Å². The first-order valence-electron chi connectivity index (χ1n) is 8.42. The van der Waals surface area contributed by atoms with E-state index in [4.69, 9.17) is 0 Å². The molecule has 0 aliphatic carbocycles. The molecular formula is C19H24N4O. The number of nitrogens with one attached hydrogen (secondary N) is 1. The van der Waals surface area contributed by atoms with Crippen molar-refractivity contribution in [2.24, 2.45) is 0 Å². The zero-order valence-corrected chi connectivity index (χ0v) is 14.3. The number of pyridine rings is 1. The van der Waals surface area contributed by atoms with E-state index in [1.807, 2.05) is 37.2 Å². The van der Waals surface area contributed by atoms with Crippen molar-refractivity contribution in [2.75, 3.05) is 37.4 Å². The Kier molecular flexibility index (Phi) is 4.99. The molecule has 5 nitrogen and oxygen atoms in total. The van der Waals surface area contributed by atoms with Crippen molar-refractivity contribution in [1.82, 2.24) is 9.88 Å². The Hall–Kier alpha value is -2.56. The van der Waals surface area contributed by atoms with Gasteiger partial charge in [0.05, 0.1) is 17.4 Å². The van der Waals surface area contributed by atoms with Crippen molar-refractivity contribution >= 4 is 23.0 Å². The molecule has 0 saturated carbocycles. The van der Waals surface area contributed by atoms with Crippen molar-refractivity contribution in [1.29, 1.82) is 0 Å². The zero-order valence-electron chi connectivity index (χ0n) is 14.3. The lowest BCUT2D eigenvalue weighted by Gasteiger charge is -2.26. The topological polar surface area (TPSA) is 48.5 Å². The Bertz CT molecular complexity index is 691. The van der Waals surface area contributed by atoms with Crippen molar-refractivity contribution in [3.8, 4) is 0 Å². The van der Waals surface area contributed by atoms with Crippen LogP contribution in [-0.2, 0) is 0 Å². The van der Waals surface area contributed by atoms with E-state index in [2.05, 4.69) is 27.3 Å². The molecule has 0 bridgehead atoms. The van der Waals surface area contributed by atoms with E-state index >= 15 is 0 Å². The van der Waals surface area contributed by atoms with Crippen LogP contribution in [0.1, 0.15) is 29.6 Å². The maximum atomic E-state index is 12.6. The largest absolute Gasteiger partial charge is 0.378 e. The zero-order chi connectivity index (χ0) is 16.9. The van der Waals surface area contributed by atoms with E-state index in [0.717, 1.165) is 43.0 Å². The van der Waals surface area contributed by atoms with E-state index in [1.165, 1.54) is 6.42 Å². The van der Waals surface area contributed by atoms with Crippen molar-refractivity contribution in [3.63, 3.8) is 0 Å². The highest BCUT2D eigenvalue weighted by atomic mass is 16.2. The number of anilines is 3. The quantitative estimate of drug-likeness (QED) is 0.935. The Morgan fingerprint density at radius 3 is 2.42 bits per heavy atom. The Balaban J connectivity index is 1.71. The molecule has 1 aliphatic rings. The number of amides is 1. The summed E-state index contributed by atoms with van der Waals surface area (Å²) in [5.41, 5.74) is 3.60. The van der Waals surface area contributed by atoms with Gasteiger partial charge in [0.2, 0.25) is 0 Å². The molecule has 0 unspecified atom stereocenters. The van der Waals surface area contributed by atoms with Gasteiger partial charge in [0.15, 0.2) is 0 Å². The second-order valence-corrected chi connectivity index (χ2v) is 6.38. The Labute approximate surface area is 143 Å². The van der Waals surface area contributed by atoms with E-state index in [-0.39, 0.29) is 5.91 Å². The second kappa shape index (κ2) is 7.34. The number of benzene rings is 1. The standard InChI is InChI=1S/C19H24N4O/c1-22(2)18-8-6-16(7-9-18)21-17-12-15(13-20-14-17)19(24)23-10-4-3-5-11-23/h6-9,12-14,21H,3-5,10-11H2,1-2H3. The van der Waals surface area contributed by atoms with Crippen molar-refractivity contribution in [3.05, 3.63) is 48.3 Å². The van der Waals surface area contributed by atoms with Crippen molar-refractivity contribution in [2.45, 2.75) is 19.3 Å². The minimum absolute atomic E-state index is 0.0776. The summed E-state index contributed by atoms with van der Waals surface area (Å²) in [6.07, 6.45) is 6.79. The molecule has 1 amide bonds. The molecule has 126 valence electrons. The minimum atomic E-state index is 0.0776. The highest BCUT2D eigenvalue weighted by molar-refractivity contribution is 5.95. The lowest BCUT2D eigenvalue weighted by Crippen LogP contribution is -2.35. The fourth-order valence-corrected chi connectivity index (χ4v) is 2.91. The predicted octanol–water partition coefficient (Wildman–Crippen LogP) is 3.52. The average molecular weight is 324 g/mol. The monoisotopic (exact) mass is 324 g/mol. The van der Waals surface area contributed by atoms with Gasteiger partial charge in [-0.1, -0.05) is 0 Å². The maximum absolute atomic E-state index is 12.6. The Morgan fingerprint density at radius 2 is 1.75 bits per heavy atom. The first-order valence-corrected chi connectivity index (χ1v) is 8.42. The molecule has 1 N–H and O–H groups in total. The number of hydrogen-bond donors (Lipinski definition) is 1. The molecule has 1 fully saturated rings. The summed E-state index contributed by atoms with van der Waals surface area (Å²) in [4.78, 5) is 20.8. The van der Waals surface area contributed by atoms with Crippen LogP contribution >= 0.6 is 0 Å². The molecule has 0 radical (unpaired) electrons. The molecule has 2 heterocycles. The van der Waals surface area contributed by atoms with Gasteiger partial charge in [0.1, 0.15) is 0 Å². The fourth-order valence-electron chi connectivity index (χ4n) is 2.91. The fraction of sp³-hybridized carbons (Fsp3) is 0.368. The number of nitrogens with zero attached hydrogens (tertiary/aromatic N) is 3. The van der Waals surface area contributed by atoms with E-state index in [9.17, 15) is 4.79 Å². The number of piperidine rings is 1. The minimum Gasteiger partial charge on any atom is -0.378 e. The van der Waals surface area contributed by atoms with Gasteiger partial charge in [-0.2, -0.15) is 0 Å². The molecule has 1 saturated heterocycles. The summed E-state index contributed by atoms with van der Waals surface area (Å²) in [6.45, 7) is 1.70. The van der Waals surface area contributed by atoms with Gasteiger partial charge in [-0.05, 0) is 49.6 Å². The molecule has 5 heteroatoms. The average Bonchev–Trinajstić information content (AvgIpc) is 2.62. The Morgan fingerprint density at radius 1 is 1.04 bits per heavy atom. The molecular weight excluding hydrogens is 300 g/mol. The molecule has 1 aromatic carbocycles. The maximum Gasteiger partial charge on any atom is 0.255 e. The number of rotatable bonds is 4. The van der Waals surface area contributed by atoms with Crippen LogP contribution in [0.15, 0.2) is 42.7 Å². The predicted molar refractivity (Wildman–Crippen MR) is 98.0 cm³/mol. The highest BCUT2D eigenvalue weighted by Crippen LogP contribution is 2.21. The van der Waals surface area contributed by atoms with Gasteiger partial charge < -0.3 is 15.1 Å². The van der Waals surface area contributed by atoms with E-state index in [0.29, 0.717) is 5.56 Å². The highest BCUT2D eigenvalue weighted by Gasteiger charge is 2.18. The molecule has 0 spiro atoms. The number of aromatic nitrogens is 1. The summed E-state index contributed by atoms with van der Waals surface area (Å²) >= 11 is 0. The summed E-state index contributed by atoms with van der Waals surface area (Å²) < 4.78 is 0. The van der Waals surface area contributed by atoms with Crippen LogP contribution in [0.25, 0.3) is 0 Å². The number of hydrogen-bond acceptors (Lipinski definition) is 4. The number of carbonyl (C=O) groups excluding carboxylic acids is 1. The molecule has 0 atom stereocenters. The number of carbonyl (C=O) groups is 1. The van der Waals surface area contributed by atoms with Crippen LogP contribution in [0.5, 0.6) is 0 Å². The third kappa shape index (κ3) is 3.85. The summed E-state index contributed by atoms with van der Waals surface area (Å²) in [5, 5.41) is 3.32. The van der Waals surface area contributed by atoms with Gasteiger partial charge in [-0.15, -0.1) is 0 Å². The smallest absolute Gasteiger partial charge is 0.255 e. The van der Waals surface area contributed by atoms with Gasteiger partial charge in [-0.25, -0.2) is 0 Å². The normalized spacial score (nSPS) is 14.3. The summed E-state index contributed by atoms with van der Waals surface area (Å²) in [6, 6.07) is 10.0.